The lowest BCUT2D eigenvalue weighted by molar-refractivity contribution is 0.325. The summed E-state index contributed by atoms with van der Waals surface area (Å²) >= 11 is 0. The molecular weight excluding hydrogens is 222 g/mol. The van der Waals surface area contributed by atoms with E-state index in [1.165, 1.54) is 12.2 Å². The molecule has 1 aromatic rings. The topological polar surface area (TPSA) is 29.9 Å². The number of hydrogen-bond donors (Lipinski definition) is 1. The molecular formula is C15H29N3. The van der Waals surface area contributed by atoms with Crippen molar-refractivity contribution in [2.45, 2.75) is 66.5 Å². The van der Waals surface area contributed by atoms with Gasteiger partial charge in [0.15, 0.2) is 0 Å². The van der Waals surface area contributed by atoms with Crippen LogP contribution in [0.5, 0.6) is 0 Å². The Morgan fingerprint density at radius 2 is 2.06 bits per heavy atom. The molecule has 0 saturated carbocycles. The molecule has 3 heteroatoms. The first-order valence-corrected chi connectivity index (χ1v) is 7.22. The number of aromatic nitrogens is 2. The predicted molar refractivity (Wildman–Crippen MR) is 77.6 cm³/mol. The van der Waals surface area contributed by atoms with Gasteiger partial charge in [-0.05, 0) is 31.2 Å². The monoisotopic (exact) mass is 251 g/mol. The fourth-order valence-electron chi connectivity index (χ4n) is 2.21. The lowest BCUT2D eigenvalue weighted by atomic mass is 9.88. The normalized spacial score (nSPS) is 13.8. The third kappa shape index (κ3) is 4.81. The van der Waals surface area contributed by atoms with Crippen molar-refractivity contribution in [1.82, 2.24) is 14.9 Å². The van der Waals surface area contributed by atoms with Gasteiger partial charge in [0.05, 0.1) is 6.04 Å². The van der Waals surface area contributed by atoms with E-state index in [1.54, 1.807) is 0 Å². The highest BCUT2D eigenvalue weighted by atomic mass is 15.1. The average Bonchev–Trinajstić information content (AvgIpc) is 2.72. The smallest absolute Gasteiger partial charge is 0.125 e. The van der Waals surface area contributed by atoms with E-state index in [1.807, 2.05) is 6.20 Å². The summed E-state index contributed by atoms with van der Waals surface area (Å²) in [5.41, 5.74) is 0.385. The van der Waals surface area contributed by atoms with Crippen molar-refractivity contribution in [2.24, 2.45) is 5.41 Å². The lowest BCUT2D eigenvalue weighted by Gasteiger charge is -2.24. The quantitative estimate of drug-likeness (QED) is 0.799. The zero-order valence-corrected chi connectivity index (χ0v) is 12.7. The lowest BCUT2D eigenvalue weighted by Crippen LogP contribution is -2.25. The Morgan fingerprint density at radius 1 is 1.33 bits per heavy atom. The second kappa shape index (κ2) is 6.93. The number of nitrogens with zero attached hydrogens (tertiary/aromatic N) is 2. The molecule has 0 radical (unpaired) electrons. The summed E-state index contributed by atoms with van der Waals surface area (Å²) in [6.07, 6.45) is 7.54. The van der Waals surface area contributed by atoms with E-state index in [2.05, 4.69) is 55.7 Å². The van der Waals surface area contributed by atoms with E-state index >= 15 is 0 Å². The van der Waals surface area contributed by atoms with E-state index < -0.39 is 0 Å². The Balaban J connectivity index is 2.73. The second-order valence-electron chi connectivity index (χ2n) is 6.19. The summed E-state index contributed by atoms with van der Waals surface area (Å²) in [5.74, 6) is 1.20. The molecule has 0 aliphatic heterocycles. The minimum Gasteiger partial charge on any atom is -0.334 e. The van der Waals surface area contributed by atoms with E-state index in [4.69, 9.17) is 0 Å². The molecule has 0 aromatic carbocycles. The fraction of sp³-hybridized carbons (Fsp3) is 0.800. The van der Waals surface area contributed by atoms with E-state index in [9.17, 15) is 0 Å². The van der Waals surface area contributed by atoms with Crippen LogP contribution in [0, 0.1) is 5.41 Å². The standard InChI is InChI=1S/C15H29N3/c1-6-11-18-12-10-17-14(18)13(16-7-2)8-9-15(3,4)5/h10,12-13,16H,6-9,11H2,1-5H3. The molecule has 0 amide bonds. The fourth-order valence-corrected chi connectivity index (χ4v) is 2.21. The summed E-state index contributed by atoms with van der Waals surface area (Å²) in [5, 5.41) is 3.57. The molecule has 0 aliphatic carbocycles. The number of hydrogen-bond acceptors (Lipinski definition) is 2. The van der Waals surface area contributed by atoms with Gasteiger partial charge in [-0.25, -0.2) is 4.98 Å². The molecule has 1 heterocycles. The third-order valence-corrected chi connectivity index (χ3v) is 3.16. The minimum absolute atomic E-state index is 0.385. The van der Waals surface area contributed by atoms with Crippen LogP contribution in [0.15, 0.2) is 12.4 Å². The Kier molecular flexibility index (Phi) is 5.86. The Hall–Kier alpha value is -0.830. The van der Waals surface area contributed by atoms with Crippen LogP contribution in [0.4, 0.5) is 0 Å². The van der Waals surface area contributed by atoms with Crippen LogP contribution in [0.2, 0.25) is 0 Å². The van der Waals surface area contributed by atoms with E-state index in [0.29, 0.717) is 11.5 Å². The van der Waals surface area contributed by atoms with Crippen molar-refractivity contribution in [2.75, 3.05) is 6.54 Å². The molecule has 18 heavy (non-hydrogen) atoms. The van der Waals surface area contributed by atoms with Crippen molar-refractivity contribution in [3.8, 4) is 0 Å². The summed E-state index contributed by atoms with van der Waals surface area (Å²) in [4.78, 5) is 4.55. The molecule has 104 valence electrons. The van der Waals surface area contributed by atoms with Crippen LogP contribution in [-0.4, -0.2) is 16.1 Å². The summed E-state index contributed by atoms with van der Waals surface area (Å²) < 4.78 is 2.29. The van der Waals surface area contributed by atoms with Crippen LogP contribution in [0.1, 0.15) is 65.7 Å². The van der Waals surface area contributed by atoms with Gasteiger partial charge in [0.2, 0.25) is 0 Å². The maximum absolute atomic E-state index is 4.55. The number of nitrogens with one attached hydrogen (secondary N) is 1. The van der Waals surface area contributed by atoms with Crippen LogP contribution in [0.3, 0.4) is 0 Å². The average molecular weight is 251 g/mol. The molecule has 1 unspecified atom stereocenters. The summed E-state index contributed by atoms with van der Waals surface area (Å²) in [6.45, 7) is 13.3. The molecule has 1 rings (SSSR count). The molecule has 1 N–H and O–H groups in total. The molecule has 3 nitrogen and oxygen atoms in total. The first-order valence-electron chi connectivity index (χ1n) is 7.22. The molecule has 0 aliphatic rings. The SMILES string of the molecule is CCCn1ccnc1C(CCC(C)(C)C)NCC. The second-order valence-corrected chi connectivity index (χ2v) is 6.19. The van der Waals surface area contributed by atoms with Crippen LogP contribution in [-0.2, 0) is 6.54 Å². The predicted octanol–water partition coefficient (Wildman–Crippen LogP) is 3.77. The summed E-state index contributed by atoms with van der Waals surface area (Å²) in [7, 11) is 0. The molecule has 0 spiro atoms. The van der Waals surface area contributed by atoms with Gasteiger partial charge in [0.25, 0.3) is 0 Å². The van der Waals surface area contributed by atoms with Crippen molar-refractivity contribution in [3.63, 3.8) is 0 Å². The van der Waals surface area contributed by atoms with E-state index in [0.717, 1.165) is 25.9 Å². The first-order chi connectivity index (χ1) is 8.48. The van der Waals surface area contributed by atoms with Gasteiger partial charge >= 0.3 is 0 Å². The van der Waals surface area contributed by atoms with Gasteiger partial charge < -0.3 is 9.88 Å². The number of rotatable bonds is 7. The molecule has 0 bridgehead atoms. The van der Waals surface area contributed by atoms with Gasteiger partial charge in [-0.15, -0.1) is 0 Å². The third-order valence-electron chi connectivity index (χ3n) is 3.16. The highest BCUT2D eigenvalue weighted by molar-refractivity contribution is 5.00. The van der Waals surface area contributed by atoms with Crippen molar-refractivity contribution >= 4 is 0 Å². The van der Waals surface area contributed by atoms with Crippen molar-refractivity contribution in [1.29, 1.82) is 0 Å². The largest absolute Gasteiger partial charge is 0.334 e. The van der Waals surface area contributed by atoms with E-state index in [-0.39, 0.29) is 0 Å². The number of aryl methyl sites for hydroxylation is 1. The van der Waals surface area contributed by atoms with Gasteiger partial charge in [-0.3, -0.25) is 0 Å². The molecule has 1 aromatic heterocycles. The highest BCUT2D eigenvalue weighted by Gasteiger charge is 2.19. The molecule has 0 fully saturated rings. The maximum atomic E-state index is 4.55. The van der Waals surface area contributed by atoms with Crippen molar-refractivity contribution in [3.05, 3.63) is 18.2 Å². The van der Waals surface area contributed by atoms with Crippen LogP contribution in [0.25, 0.3) is 0 Å². The minimum atomic E-state index is 0.385. The van der Waals surface area contributed by atoms with Crippen LogP contribution < -0.4 is 5.32 Å². The Labute approximate surface area is 112 Å². The van der Waals surface area contributed by atoms with Gasteiger partial charge in [-0.2, -0.15) is 0 Å². The van der Waals surface area contributed by atoms with Gasteiger partial charge in [0.1, 0.15) is 5.82 Å². The van der Waals surface area contributed by atoms with Gasteiger partial charge in [0, 0.05) is 18.9 Å². The zero-order chi connectivity index (χ0) is 13.6. The zero-order valence-electron chi connectivity index (χ0n) is 12.7. The van der Waals surface area contributed by atoms with Gasteiger partial charge in [-0.1, -0.05) is 34.6 Å². The molecule has 1 atom stereocenters. The maximum Gasteiger partial charge on any atom is 0.125 e. The number of imidazole rings is 1. The highest BCUT2D eigenvalue weighted by Crippen LogP contribution is 2.26. The molecule has 0 saturated heterocycles. The Bertz CT molecular complexity index is 336. The van der Waals surface area contributed by atoms with Crippen LogP contribution >= 0.6 is 0 Å². The summed E-state index contributed by atoms with van der Waals surface area (Å²) in [6, 6.07) is 0.385. The van der Waals surface area contributed by atoms with Crippen molar-refractivity contribution < 1.29 is 0 Å². The Morgan fingerprint density at radius 3 is 2.61 bits per heavy atom. The first kappa shape index (κ1) is 15.2.